The number of aromatic amines is 1. The molecule has 3 N–H and O–H groups in total. The number of nitrogens with one attached hydrogen (secondary N) is 2. The summed E-state index contributed by atoms with van der Waals surface area (Å²) in [7, 11) is 0. The summed E-state index contributed by atoms with van der Waals surface area (Å²) in [5, 5.41) is 13.9. The van der Waals surface area contributed by atoms with Gasteiger partial charge < -0.3 is 25.0 Å². The Morgan fingerprint density at radius 3 is 2.69 bits per heavy atom. The van der Waals surface area contributed by atoms with Gasteiger partial charge in [-0.2, -0.15) is 0 Å². The Labute approximate surface area is 230 Å². The summed E-state index contributed by atoms with van der Waals surface area (Å²) in [6.45, 7) is 4.75. The van der Waals surface area contributed by atoms with Crippen LogP contribution in [0.25, 0.3) is 22.0 Å². The quantitative estimate of drug-likeness (QED) is 0.248. The van der Waals surface area contributed by atoms with E-state index in [2.05, 4.69) is 20.3 Å². The van der Waals surface area contributed by atoms with Crippen molar-refractivity contribution >= 4 is 40.1 Å². The van der Waals surface area contributed by atoms with Crippen LogP contribution in [0.15, 0.2) is 53.7 Å². The number of hydrogen-bond donors (Lipinski definition) is 3. The first-order valence-electron chi connectivity index (χ1n) is 12.9. The zero-order chi connectivity index (χ0) is 27.5. The van der Waals surface area contributed by atoms with Crippen molar-refractivity contribution in [3.05, 3.63) is 75.4 Å². The number of amides is 1. The number of carbonyl (C=O) groups is 1. The van der Waals surface area contributed by atoms with Gasteiger partial charge in [-0.25, -0.2) is 9.78 Å². The lowest BCUT2D eigenvalue weighted by Gasteiger charge is -2.33. The van der Waals surface area contributed by atoms with Gasteiger partial charge in [0.05, 0.1) is 34.6 Å². The first-order chi connectivity index (χ1) is 18.8. The molecule has 1 atom stereocenters. The highest BCUT2D eigenvalue weighted by Crippen LogP contribution is 2.38. The first-order valence-corrected chi connectivity index (χ1v) is 13.3. The number of likely N-dealkylation sites (tertiary alicyclic amines) is 1. The van der Waals surface area contributed by atoms with E-state index in [0.717, 1.165) is 36.0 Å². The molecule has 5 rings (SSSR count). The Balaban J connectivity index is 1.59. The number of carboxylic acid groups (broad SMARTS) is 1. The minimum atomic E-state index is -0.911. The molecule has 0 aliphatic carbocycles. The van der Waals surface area contributed by atoms with E-state index < -0.39 is 6.09 Å². The van der Waals surface area contributed by atoms with Crippen LogP contribution in [0.2, 0.25) is 5.02 Å². The number of anilines is 2. The topological polar surface area (TPSA) is 120 Å². The van der Waals surface area contributed by atoms with Crippen molar-refractivity contribution in [3.8, 4) is 16.9 Å². The molecule has 9 nitrogen and oxygen atoms in total. The number of H-pyrrole nitrogens is 1. The smallest absolute Gasteiger partial charge is 0.407 e. The number of aromatic nitrogens is 3. The molecule has 0 saturated carbocycles. The molecule has 1 unspecified atom stereocenters. The van der Waals surface area contributed by atoms with E-state index in [4.69, 9.17) is 16.3 Å². The second kappa shape index (κ2) is 11.3. The van der Waals surface area contributed by atoms with Gasteiger partial charge in [-0.15, -0.1) is 0 Å². The van der Waals surface area contributed by atoms with Crippen molar-refractivity contribution < 1.29 is 14.6 Å². The molecule has 1 aliphatic heterocycles. The summed E-state index contributed by atoms with van der Waals surface area (Å²) in [5.41, 5.74) is 4.03. The van der Waals surface area contributed by atoms with E-state index in [1.165, 1.54) is 4.90 Å². The molecule has 0 bridgehead atoms. The normalized spacial score (nSPS) is 15.4. The monoisotopic (exact) mass is 547 g/mol. The summed E-state index contributed by atoms with van der Waals surface area (Å²) < 4.78 is 6.40. The molecular weight excluding hydrogens is 518 g/mol. The fourth-order valence-corrected chi connectivity index (χ4v) is 5.48. The number of benzene rings is 2. The van der Waals surface area contributed by atoms with Gasteiger partial charge in [0.1, 0.15) is 11.6 Å². The average molecular weight is 548 g/mol. The highest BCUT2D eigenvalue weighted by molar-refractivity contribution is 6.34. The molecule has 1 aliphatic rings. The zero-order valence-electron chi connectivity index (χ0n) is 21.8. The average Bonchev–Trinajstić information content (AvgIpc) is 2.89. The van der Waals surface area contributed by atoms with Gasteiger partial charge in [0, 0.05) is 36.8 Å². The number of nitrogens with zero attached hydrogens (tertiary/aromatic N) is 3. The van der Waals surface area contributed by atoms with Crippen LogP contribution in [0.3, 0.4) is 0 Å². The summed E-state index contributed by atoms with van der Waals surface area (Å²) in [6, 6.07) is 9.34. The van der Waals surface area contributed by atoms with Crippen molar-refractivity contribution in [2.45, 2.75) is 45.6 Å². The summed E-state index contributed by atoms with van der Waals surface area (Å²) in [5.74, 6) is 0.946. The first kappa shape index (κ1) is 26.5. The maximum Gasteiger partial charge on any atom is 0.407 e. The maximum absolute atomic E-state index is 13.5. The van der Waals surface area contributed by atoms with Gasteiger partial charge in [0.2, 0.25) is 0 Å². The minimum Gasteiger partial charge on any atom is -0.492 e. The molecule has 0 radical (unpaired) electrons. The third kappa shape index (κ3) is 5.83. The van der Waals surface area contributed by atoms with Crippen molar-refractivity contribution in [3.63, 3.8) is 0 Å². The number of piperidine rings is 1. The van der Waals surface area contributed by atoms with Crippen LogP contribution in [0, 0.1) is 13.8 Å². The molecule has 1 fully saturated rings. The van der Waals surface area contributed by atoms with Crippen LogP contribution in [0.1, 0.15) is 36.8 Å². The maximum atomic E-state index is 13.5. The van der Waals surface area contributed by atoms with Gasteiger partial charge in [0.25, 0.3) is 5.56 Å². The fraction of sp³-hybridized carbons (Fsp3) is 0.310. The second-order valence-electron chi connectivity index (χ2n) is 9.89. The Bertz CT molecular complexity index is 1550. The van der Waals surface area contributed by atoms with Crippen LogP contribution in [-0.2, 0) is 0 Å². The van der Waals surface area contributed by atoms with Gasteiger partial charge >= 0.3 is 6.09 Å². The number of hydrogen-bond acceptors (Lipinski definition) is 6. The van der Waals surface area contributed by atoms with Crippen LogP contribution in [0.4, 0.5) is 16.3 Å². The van der Waals surface area contributed by atoms with Crippen LogP contribution in [0.5, 0.6) is 5.75 Å². The molecule has 4 aromatic rings. The van der Waals surface area contributed by atoms with Crippen LogP contribution in [-0.4, -0.2) is 50.2 Å². The van der Waals surface area contributed by atoms with Crippen molar-refractivity contribution in [1.29, 1.82) is 0 Å². The Morgan fingerprint density at radius 1 is 1.18 bits per heavy atom. The van der Waals surface area contributed by atoms with Crippen LogP contribution >= 0.6 is 11.6 Å². The Hall–Kier alpha value is -4.11. The Kier molecular flexibility index (Phi) is 7.70. The predicted molar refractivity (Wildman–Crippen MR) is 152 cm³/mol. The highest BCUT2D eigenvalue weighted by atomic mass is 35.5. The molecule has 2 aromatic heterocycles. The largest absolute Gasteiger partial charge is 0.492 e. The van der Waals surface area contributed by atoms with E-state index in [9.17, 15) is 14.7 Å². The zero-order valence-corrected chi connectivity index (χ0v) is 22.6. The van der Waals surface area contributed by atoms with Gasteiger partial charge in [-0.05, 0) is 50.8 Å². The van der Waals surface area contributed by atoms with Crippen molar-refractivity contribution in [2.24, 2.45) is 0 Å². The predicted octanol–water partition coefficient (Wildman–Crippen LogP) is 6.30. The van der Waals surface area contributed by atoms with E-state index >= 15 is 0 Å². The van der Waals surface area contributed by atoms with Crippen molar-refractivity contribution in [1.82, 2.24) is 19.9 Å². The number of aryl methyl sites for hydroxylation is 2. The van der Waals surface area contributed by atoms with E-state index in [0.29, 0.717) is 51.7 Å². The third-order valence-electron chi connectivity index (χ3n) is 6.96. The van der Waals surface area contributed by atoms with Crippen LogP contribution < -0.4 is 15.6 Å². The number of fused-ring (bicyclic) bond motifs is 1. The van der Waals surface area contributed by atoms with Gasteiger partial charge in [0.15, 0.2) is 0 Å². The molecule has 3 heterocycles. The number of halogens is 1. The SMILES string of the molecule is Cc1cc(C)cc(-c2c(OCCC3CCCCN3C(=O)O)c3cc(Nc4cnccn4)c(Cl)cc3[nH]c2=O)c1. The third-order valence-corrected chi connectivity index (χ3v) is 7.27. The molecule has 1 amide bonds. The van der Waals surface area contributed by atoms with E-state index in [-0.39, 0.29) is 18.2 Å². The van der Waals surface area contributed by atoms with E-state index in [1.54, 1.807) is 24.7 Å². The number of rotatable bonds is 7. The molecule has 0 spiro atoms. The fourth-order valence-electron chi connectivity index (χ4n) is 5.27. The molecule has 10 heteroatoms. The summed E-state index contributed by atoms with van der Waals surface area (Å²) >= 11 is 6.57. The molecule has 202 valence electrons. The lowest BCUT2D eigenvalue weighted by molar-refractivity contribution is 0.0969. The molecule has 39 heavy (non-hydrogen) atoms. The van der Waals surface area contributed by atoms with Gasteiger partial charge in [-0.3, -0.25) is 9.78 Å². The molecular formula is C29H30ClN5O4. The van der Waals surface area contributed by atoms with Crippen molar-refractivity contribution in [2.75, 3.05) is 18.5 Å². The lowest BCUT2D eigenvalue weighted by atomic mass is 9.98. The summed E-state index contributed by atoms with van der Waals surface area (Å²) in [6.07, 6.45) is 6.98. The highest BCUT2D eigenvalue weighted by Gasteiger charge is 2.27. The molecule has 2 aromatic carbocycles. The second-order valence-corrected chi connectivity index (χ2v) is 10.3. The van der Waals surface area contributed by atoms with Gasteiger partial charge in [-0.1, -0.05) is 40.9 Å². The summed E-state index contributed by atoms with van der Waals surface area (Å²) in [4.78, 5) is 38.0. The van der Waals surface area contributed by atoms with E-state index in [1.807, 2.05) is 38.1 Å². The Morgan fingerprint density at radius 2 is 1.97 bits per heavy atom. The number of ether oxygens (including phenoxy) is 1. The minimum absolute atomic E-state index is 0.127. The standard InChI is InChI=1S/C29H30ClN5O4/c1-17-11-18(2)13-19(12-17)26-27(39-10-6-20-5-3-4-9-35(20)29(37)38)21-14-24(33-25-16-31-7-8-32-25)22(30)15-23(21)34-28(26)36/h7-8,11-16,20H,3-6,9-10H2,1-2H3,(H,32,33)(H,34,36)(H,37,38). The molecule has 1 saturated heterocycles. The number of pyridine rings is 1. The lowest BCUT2D eigenvalue weighted by Crippen LogP contribution is -2.43.